The summed E-state index contributed by atoms with van der Waals surface area (Å²) >= 11 is 0. The molecular formula is C17H24N2O2. The standard InChI is InChI=1S/C17H24N2O2/c1-5-7-12-11-13(18-10-6-2)16-14(20-3)8-9-15(21-4)17(16)19-12/h8-9,11H,5-7,10H2,1-4H3,(H,18,19). The van der Waals surface area contributed by atoms with Gasteiger partial charge in [0.05, 0.1) is 19.6 Å². The molecule has 0 spiro atoms. The molecule has 1 aromatic heterocycles. The summed E-state index contributed by atoms with van der Waals surface area (Å²) < 4.78 is 11.0. The average molecular weight is 288 g/mol. The third-order valence-electron chi connectivity index (χ3n) is 3.45. The second-order valence-electron chi connectivity index (χ2n) is 5.03. The zero-order chi connectivity index (χ0) is 15.2. The maximum Gasteiger partial charge on any atom is 0.145 e. The van der Waals surface area contributed by atoms with Crippen molar-refractivity contribution in [1.82, 2.24) is 4.98 Å². The number of rotatable bonds is 7. The number of methoxy groups -OCH3 is 2. The Bertz CT molecular complexity index is 611. The summed E-state index contributed by atoms with van der Waals surface area (Å²) in [6.45, 7) is 5.24. The molecule has 4 nitrogen and oxygen atoms in total. The van der Waals surface area contributed by atoms with Gasteiger partial charge in [0, 0.05) is 17.9 Å². The Balaban J connectivity index is 2.69. The van der Waals surface area contributed by atoms with Crippen LogP contribution in [0, 0.1) is 0 Å². The van der Waals surface area contributed by atoms with Crippen molar-refractivity contribution in [3.63, 3.8) is 0 Å². The van der Waals surface area contributed by atoms with Crippen LogP contribution in [0.15, 0.2) is 18.2 Å². The number of ether oxygens (including phenoxy) is 2. The molecule has 114 valence electrons. The Hall–Kier alpha value is -1.97. The van der Waals surface area contributed by atoms with Crippen LogP contribution >= 0.6 is 0 Å². The molecule has 0 aliphatic carbocycles. The molecule has 1 aromatic carbocycles. The molecule has 0 fully saturated rings. The molecular weight excluding hydrogens is 264 g/mol. The van der Waals surface area contributed by atoms with Crippen LogP contribution in [0.25, 0.3) is 10.9 Å². The Morgan fingerprint density at radius 2 is 1.76 bits per heavy atom. The van der Waals surface area contributed by atoms with Crippen LogP contribution < -0.4 is 14.8 Å². The molecule has 0 radical (unpaired) electrons. The summed E-state index contributed by atoms with van der Waals surface area (Å²) in [5.74, 6) is 1.60. The molecule has 2 aromatic rings. The van der Waals surface area contributed by atoms with Gasteiger partial charge >= 0.3 is 0 Å². The van der Waals surface area contributed by atoms with E-state index in [0.717, 1.165) is 59.6 Å². The van der Waals surface area contributed by atoms with Gasteiger partial charge in [-0.25, -0.2) is 4.98 Å². The van der Waals surface area contributed by atoms with Crippen LogP contribution in [0.1, 0.15) is 32.4 Å². The van der Waals surface area contributed by atoms with E-state index in [9.17, 15) is 0 Å². The molecule has 21 heavy (non-hydrogen) atoms. The van der Waals surface area contributed by atoms with Gasteiger partial charge in [0.25, 0.3) is 0 Å². The zero-order valence-electron chi connectivity index (χ0n) is 13.3. The fourth-order valence-electron chi connectivity index (χ4n) is 2.46. The minimum atomic E-state index is 0.781. The van der Waals surface area contributed by atoms with Gasteiger partial charge in [0.15, 0.2) is 0 Å². The first-order valence-corrected chi connectivity index (χ1v) is 7.53. The van der Waals surface area contributed by atoms with Crippen molar-refractivity contribution >= 4 is 16.6 Å². The third-order valence-corrected chi connectivity index (χ3v) is 3.45. The van der Waals surface area contributed by atoms with Crippen molar-refractivity contribution in [2.24, 2.45) is 0 Å². The summed E-state index contributed by atoms with van der Waals surface area (Å²) in [5.41, 5.74) is 3.01. The highest BCUT2D eigenvalue weighted by Gasteiger charge is 2.14. The lowest BCUT2D eigenvalue weighted by molar-refractivity contribution is 0.409. The number of hydrogen-bond acceptors (Lipinski definition) is 4. The third kappa shape index (κ3) is 3.20. The number of nitrogens with zero attached hydrogens (tertiary/aromatic N) is 1. The molecule has 1 N–H and O–H groups in total. The van der Waals surface area contributed by atoms with E-state index < -0.39 is 0 Å². The van der Waals surface area contributed by atoms with Crippen LogP contribution in [-0.4, -0.2) is 25.7 Å². The van der Waals surface area contributed by atoms with Crippen LogP contribution in [0.4, 0.5) is 5.69 Å². The molecule has 4 heteroatoms. The van der Waals surface area contributed by atoms with Crippen LogP contribution in [0.5, 0.6) is 11.5 Å². The molecule has 0 bridgehead atoms. The number of hydrogen-bond donors (Lipinski definition) is 1. The van der Waals surface area contributed by atoms with Crippen molar-refractivity contribution in [2.45, 2.75) is 33.1 Å². The molecule has 0 aliphatic rings. The Kier molecular flexibility index (Phi) is 5.26. The first-order chi connectivity index (χ1) is 10.2. The van der Waals surface area contributed by atoms with Crippen LogP contribution in [-0.2, 0) is 6.42 Å². The van der Waals surface area contributed by atoms with Gasteiger partial charge in [-0.2, -0.15) is 0 Å². The minimum Gasteiger partial charge on any atom is -0.496 e. The predicted molar refractivity (Wildman–Crippen MR) is 87.6 cm³/mol. The lowest BCUT2D eigenvalue weighted by Crippen LogP contribution is -2.04. The predicted octanol–water partition coefficient (Wildman–Crippen LogP) is 4.03. The largest absolute Gasteiger partial charge is 0.496 e. The topological polar surface area (TPSA) is 43.4 Å². The lowest BCUT2D eigenvalue weighted by atomic mass is 10.1. The maximum atomic E-state index is 5.51. The summed E-state index contributed by atoms with van der Waals surface area (Å²) in [4.78, 5) is 4.77. The first kappa shape index (κ1) is 15.4. The SMILES string of the molecule is CCCNc1cc(CCC)nc2c(OC)ccc(OC)c12. The number of pyridine rings is 1. The number of fused-ring (bicyclic) bond motifs is 1. The first-order valence-electron chi connectivity index (χ1n) is 7.53. The van der Waals surface area contributed by atoms with E-state index >= 15 is 0 Å². The maximum absolute atomic E-state index is 5.51. The monoisotopic (exact) mass is 288 g/mol. The summed E-state index contributed by atoms with van der Waals surface area (Å²) in [6, 6.07) is 5.97. The highest BCUT2D eigenvalue weighted by Crippen LogP contribution is 2.37. The molecule has 0 atom stereocenters. The lowest BCUT2D eigenvalue weighted by Gasteiger charge is -2.16. The Morgan fingerprint density at radius 1 is 1.05 bits per heavy atom. The normalized spacial score (nSPS) is 10.7. The van der Waals surface area contributed by atoms with Gasteiger partial charge in [-0.1, -0.05) is 20.3 Å². The van der Waals surface area contributed by atoms with Gasteiger partial charge < -0.3 is 14.8 Å². The van der Waals surface area contributed by atoms with Crippen molar-refractivity contribution in [3.8, 4) is 11.5 Å². The van der Waals surface area contributed by atoms with E-state index in [4.69, 9.17) is 14.5 Å². The van der Waals surface area contributed by atoms with Crippen LogP contribution in [0.2, 0.25) is 0 Å². The quantitative estimate of drug-likeness (QED) is 0.835. The second kappa shape index (κ2) is 7.16. The van der Waals surface area contributed by atoms with E-state index in [2.05, 4.69) is 25.2 Å². The van der Waals surface area contributed by atoms with Crippen molar-refractivity contribution < 1.29 is 9.47 Å². The molecule has 0 saturated carbocycles. The number of nitrogens with one attached hydrogen (secondary N) is 1. The fourth-order valence-corrected chi connectivity index (χ4v) is 2.46. The fraction of sp³-hybridized carbons (Fsp3) is 0.471. The number of benzene rings is 1. The Labute approximate surface area is 126 Å². The van der Waals surface area contributed by atoms with E-state index in [1.165, 1.54) is 0 Å². The van der Waals surface area contributed by atoms with Crippen LogP contribution in [0.3, 0.4) is 0 Å². The number of anilines is 1. The summed E-state index contributed by atoms with van der Waals surface area (Å²) in [6.07, 6.45) is 3.09. The van der Waals surface area contributed by atoms with Gasteiger partial charge in [0.2, 0.25) is 0 Å². The molecule has 1 heterocycles. The van der Waals surface area contributed by atoms with Gasteiger partial charge in [0.1, 0.15) is 17.0 Å². The van der Waals surface area contributed by atoms with Crippen molar-refractivity contribution in [3.05, 3.63) is 23.9 Å². The number of aryl methyl sites for hydroxylation is 1. The molecule has 0 amide bonds. The molecule has 0 saturated heterocycles. The number of aromatic nitrogens is 1. The minimum absolute atomic E-state index is 0.781. The molecule has 2 rings (SSSR count). The van der Waals surface area contributed by atoms with E-state index in [0.29, 0.717) is 0 Å². The molecule has 0 unspecified atom stereocenters. The van der Waals surface area contributed by atoms with Gasteiger partial charge in [-0.3, -0.25) is 0 Å². The molecule has 0 aliphatic heterocycles. The summed E-state index contributed by atoms with van der Waals surface area (Å²) in [7, 11) is 3.36. The zero-order valence-corrected chi connectivity index (χ0v) is 13.3. The Morgan fingerprint density at radius 3 is 2.38 bits per heavy atom. The van der Waals surface area contributed by atoms with Gasteiger partial charge in [-0.15, -0.1) is 0 Å². The second-order valence-corrected chi connectivity index (χ2v) is 5.03. The highest BCUT2D eigenvalue weighted by molar-refractivity contribution is 6.00. The van der Waals surface area contributed by atoms with E-state index in [-0.39, 0.29) is 0 Å². The average Bonchev–Trinajstić information content (AvgIpc) is 2.51. The van der Waals surface area contributed by atoms with Gasteiger partial charge in [-0.05, 0) is 31.0 Å². The van der Waals surface area contributed by atoms with E-state index in [1.807, 2.05) is 12.1 Å². The van der Waals surface area contributed by atoms with Crippen molar-refractivity contribution in [1.29, 1.82) is 0 Å². The van der Waals surface area contributed by atoms with E-state index in [1.54, 1.807) is 14.2 Å². The van der Waals surface area contributed by atoms with Crippen molar-refractivity contribution in [2.75, 3.05) is 26.1 Å². The smallest absolute Gasteiger partial charge is 0.145 e. The summed E-state index contributed by atoms with van der Waals surface area (Å²) in [5, 5.41) is 4.48. The highest BCUT2D eigenvalue weighted by atomic mass is 16.5.